The number of aromatic nitrogens is 2. The molecule has 22 heavy (non-hydrogen) atoms. The number of carbonyl (C=O) groups is 1. The Bertz CT molecular complexity index is 701. The molecule has 1 aliphatic heterocycles. The second kappa shape index (κ2) is 5.48. The van der Waals surface area contributed by atoms with E-state index in [4.69, 9.17) is 0 Å². The van der Waals surface area contributed by atoms with Gasteiger partial charge in [-0.05, 0) is 57.0 Å². The summed E-state index contributed by atoms with van der Waals surface area (Å²) in [5.41, 5.74) is 0.854. The van der Waals surface area contributed by atoms with Gasteiger partial charge in [0, 0.05) is 24.0 Å². The molecule has 3 rings (SSSR count). The SMILES string of the molecule is Cc1ccnc([C@]2(C)CCCN2C(=O)c2ccc(F)cc2)n1. The first-order valence-electron chi connectivity index (χ1n) is 7.38. The van der Waals surface area contributed by atoms with Crippen molar-refractivity contribution in [2.24, 2.45) is 0 Å². The molecule has 0 bridgehead atoms. The number of amides is 1. The molecule has 0 N–H and O–H groups in total. The van der Waals surface area contributed by atoms with E-state index in [0.29, 0.717) is 17.9 Å². The van der Waals surface area contributed by atoms with Gasteiger partial charge in [0.25, 0.3) is 5.91 Å². The minimum atomic E-state index is -0.516. The molecule has 4 nitrogen and oxygen atoms in total. The van der Waals surface area contributed by atoms with Crippen molar-refractivity contribution in [3.05, 3.63) is 59.4 Å². The maximum absolute atomic E-state index is 13.0. The number of halogens is 1. The molecule has 2 heterocycles. The maximum Gasteiger partial charge on any atom is 0.254 e. The van der Waals surface area contributed by atoms with Crippen molar-refractivity contribution in [2.45, 2.75) is 32.2 Å². The molecule has 0 spiro atoms. The summed E-state index contributed by atoms with van der Waals surface area (Å²) in [5, 5.41) is 0. The summed E-state index contributed by atoms with van der Waals surface area (Å²) < 4.78 is 13.0. The summed E-state index contributed by atoms with van der Waals surface area (Å²) in [6.45, 7) is 4.57. The summed E-state index contributed by atoms with van der Waals surface area (Å²) in [4.78, 5) is 23.5. The van der Waals surface area contributed by atoms with Crippen LogP contribution in [0.1, 0.15) is 41.6 Å². The Labute approximate surface area is 129 Å². The summed E-state index contributed by atoms with van der Waals surface area (Å²) >= 11 is 0. The molecule has 0 saturated carbocycles. The third kappa shape index (κ3) is 2.47. The van der Waals surface area contributed by atoms with Gasteiger partial charge in [0.1, 0.15) is 11.4 Å². The van der Waals surface area contributed by atoms with Crippen LogP contribution in [-0.4, -0.2) is 27.3 Å². The van der Waals surface area contributed by atoms with Crippen molar-refractivity contribution in [1.29, 1.82) is 0 Å². The van der Waals surface area contributed by atoms with E-state index in [1.165, 1.54) is 24.3 Å². The highest BCUT2D eigenvalue weighted by Crippen LogP contribution is 2.37. The van der Waals surface area contributed by atoms with Gasteiger partial charge in [-0.1, -0.05) is 0 Å². The molecular weight excluding hydrogens is 281 g/mol. The van der Waals surface area contributed by atoms with Gasteiger partial charge in [0.2, 0.25) is 0 Å². The van der Waals surface area contributed by atoms with Crippen LogP contribution in [0.3, 0.4) is 0 Å². The molecule has 0 unspecified atom stereocenters. The van der Waals surface area contributed by atoms with Crippen LogP contribution < -0.4 is 0 Å². The van der Waals surface area contributed by atoms with Crippen LogP contribution in [-0.2, 0) is 5.54 Å². The van der Waals surface area contributed by atoms with E-state index in [2.05, 4.69) is 9.97 Å². The fourth-order valence-corrected chi connectivity index (χ4v) is 2.98. The first-order chi connectivity index (χ1) is 10.5. The summed E-state index contributed by atoms with van der Waals surface area (Å²) in [5.74, 6) is 0.216. The highest BCUT2D eigenvalue weighted by molar-refractivity contribution is 5.94. The van der Waals surface area contributed by atoms with Crippen molar-refractivity contribution in [2.75, 3.05) is 6.54 Å². The number of aryl methyl sites for hydroxylation is 1. The van der Waals surface area contributed by atoms with E-state index in [9.17, 15) is 9.18 Å². The summed E-state index contributed by atoms with van der Waals surface area (Å²) in [6.07, 6.45) is 3.45. The van der Waals surface area contributed by atoms with Crippen LogP contribution in [0.15, 0.2) is 36.5 Å². The van der Waals surface area contributed by atoms with Gasteiger partial charge in [-0.2, -0.15) is 0 Å². The number of hydrogen-bond acceptors (Lipinski definition) is 3. The molecule has 1 aliphatic rings. The predicted molar refractivity (Wildman–Crippen MR) is 80.8 cm³/mol. The van der Waals surface area contributed by atoms with Crippen molar-refractivity contribution in [3.63, 3.8) is 0 Å². The Morgan fingerprint density at radius 3 is 2.68 bits per heavy atom. The van der Waals surface area contributed by atoms with Crippen molar-refractivity contribution < 1.29 is 9.18 Å². The zero-order chi connectivity index (χ0) is 15.7. The normalized spacial score (nSPS) is 21.1. The third-order valence-corrected chi connectivity index (χ3v) is 4.25. The van der Waals surface area contributed by atoms with Crippen molar-refractivity contribution in [3.8, 4) is 0 Å². The van der Waals surface area contributed by atoms with Gasteiger partial charge in [-0.3, -0.25) is 4.79 Å². The average Bonchev–Trinajstić information content (AvgIpc) is 2.90. The standard InChI is InChI=1S/C17H18FN3O/c1-12-8-10-19-16(20-12)17(2)9-3-11-21(17)15(22)13-4-6-14(18)7-5-13/h4-8,10H,3,9,11H2,1-2H3/t17-/m0/s1. The van der Waals surface area contributed by atoms with Gasteiger partial charge < -0.3 is 4.90 Å². The van der Waals surface area contributed by atoms with Crippen LogP contribution in [0.4, 0.5) is 4.39 Å². The zero-order valence-corrected chi connectivity index (χ0v) is 12.7. The molecule has 5 heteroatoms. The minimum absolute atomic E-state index is 0.106. The lowest BCUT2D eigenvalue weighted by molar-refractivity contribution is 0.0603. The topological polar surface area (TPSA) is 46.1 Å². The van der Waals surface area contributed by atoms with Crippen LogP contribution in [0.5, 0.6) is 0 Å². The zero-order valence-electron chi connectivity index (χ0n) is 12.7. The number of likely N-dealkylation sites (tertiary alicyclic amines) is 1. The van der Waals surface area contributed by atoms with E-state index in [-0.39, 0.29) is 11.7 Å². The third-order valence-electron chi connectivity index (χ3n) is 4.25. The van der Waals surface area contributed by atoms with Gasteiger partial charge >= 0.3 is 0 Å². The molecule has 0 radical (unpaired) electrons. The first-order valence-corrected chi connectivity index (χ1v) is 7.38. The quantitative estimate of drug-likeness (QED) is 0.856. The molecule has 0 aliphatic carbocycles. The monoisotopic (exact) mass is 299 g/mol. The van der Waals surface area contributed by atoms with Gasteiger partial charge in [-0.15, -0.1) is 0 Å². The number of carbonyl (C=O) groups excluding carboxylic acids is 1. The Kier molecular flexibility index (Phi) is 3.64. The molecule has 1 aromatic carbocycles. The lowest BCUT2D eigenvalue weighted by Crippen LogP contribution is -2.44. The maximum atomic E-state index is 13.0. The van der Waals surface area contributed by atoms with E-state index in [1.54, 1.807) is 11.1 Å². The lowest BCUT2D eigenvalue weighted by Gasteiger charge is -2.34. The van der Waals surface area contributed by atoms with E-state index in [0.717, 1.165) is 18.5 Å². The molecule has 114 valence electrons. The molecule has 1 aromatic heterocycles. The summed E-state index contributed by atoms with van der Waals surface area (Å²) in [7, 11) is 0. The van der Waals surface area contributed by atoms with Crippen LogP contribution >= 0.6 is 0 Å². The smallest absolute Gasteiger partial charge is 0.254 e. The second-order valence-electron chi connectivity index (χ2n) is 5.86. The second-order valence-corrected chi connectivity index (χ2v) is 5.86. The van der Waals surface area contributed by atoms with E-state index < -0.39 is 5.54 Å². The molecular formula is C17H18FN3O. The Hall–Kier alpha value is -2.30. The highest BCUT2D eigenvalue weighted by atomic mass is 19.1. The Morgan fingerprint density at radius 1 is 1.27 bits per heavy atom. The van der Waals surface area contributed by atoms with E-state index in [1.807, 2.05) is 19.9 Å². The van der Waals surface area contributed by atoms with Gasteiger partial charge in [-0.25, -0.2) is 14.4 Å². The molecule has 1 amide bonds. The highest BCUT2D eigenvalue weighted by Gasteiger charge is 2.43. The van der Waals surface area contributed by atoms with Gasteiger partial charge in [0.05, 0.1) is 0 Å². The average molecular weight is 299 g/mol. The van der Waals surface area contributed by atoms with Crippen molar-refractivity contribution >= 4 is 5.91 Å². The Balaban J connectivity index is 1.95. The van der Waals surface area contributed by atoms with E-state index >= 15 is 0 Å². The van der Waals surface area contributed by atoms with Crippen LogP contribution in [0.2, 0.25) is 0 Å². The fraction of sp³-hybridized carbons (Fsp3) is 0.353. The minimum Gasteiger partial charge on any atom is -0.326 e. The van der Waals surface area contributed by atoms with Gasteiger partial charge in [0.15, 0.2) is 5.82 Å². The number of benzene rings is 1. The van der Waals surface area contributed by atoms with Crippen molar-refractivity contribution in [1.82, 2.24) is 14.9 Å². The molecule has 1 fully saturated rings. The number of rotatable bonds is 2. The molecule has 1 atom stereocenters. The predicted octanol–water partition coefficient (Wildman–Crippen LogP) is 3.08. The molecule has 2 aromatic rings. The van der Waals surface area contributed by atoms with Crippen LogP contribution in [0.25, 0.3) is 0 Å². The number of nitrogens with zero attached hydrogens (tertiary/aromatic N) is 3. The number of hydrogen-bond donors (Lipinski definition) is 0. The first kappa shape index (κ1) is 14.6. The summed E-state index contributed by atoms with van der Waals surface area (Å²) in [6, 6.07) is 7.50. The Morgan fingerprint density at radius 2 is 2.00 bits per heavy atom. The van der Waals surface area contributed by atoms with Crippen LogP contribution in [0, 0.1) is 12.7 Å². The lowest BCUT2D eigenvalue weighted by atomic mass is 9.96. The largest absolute Gasteiger partial charge is 0.326 e. The fourth-order valence-electron chi connectivity index (χ4n) is 2.98. The molecule has 1 saturated heterocycles.